The first-order valence-corrected chi connectivity index (χ1v) is 5.28. The quantitative estimate of drug-likeness (QED) is 0.681. The predicted octanol–water partition coefficient (Wildman–Crippen LogP) is 2.62. The highest BCUT2D eigenvalue weighted by Gasteiger charge is 2.13. The van der Waals surface area contributed by atoms with E-state index in [4.69, 9.17) is 9.84 Å². The second-order valence-electron chi connectivity index (χ2n) is 3.66. The summed E-state index contributed by atoms with van der Waals surface area (Å²) in [6, 6.07) is 5.34. The van der Waals surface area contributed by atoms with Crippen LogP contribution in [-0.4, -0.2) is 21.0 Å². The molecule has 1 heterocycles. The number of ether oxygens (including phenoxy) is 1. The summed E-state index contributed by atoms with van der Waals surface area (Å²) in [5, 5.41) is 19.2. The normalized spacial score (nSPS) is 10.1. The summed E-state index contributed by atoms with van der Waals surface area (Å²) in [7, 11) is 0. The standard InChI is InChI=1S/C12H7FN2O5/c13-9-5-7(15(18)19)1-2-11(9)20-8-3-4-14-10(6-8)12(16)17/h1-6H,(H,16,17). The summed E-state index contributed by atoms with van der Waals surface area (Å²) in [5.41, 5.74) is -0.666. The van der Waals surface area contributed by atoms with E-state index in [1.54, 1.807) is 0 Å². The van der Waals surface area contributed by atoms with E-state index in [9.17, 15) is 19.3 Å². The molecule has 0 fully saturated rings. The van der Waals surface area contributed by atoms with Crippen molar-refractivity contribution in [1.29, 1.82) is 0 Å². The van der Waals surface area contributed by atoms with Crippen LogP contribution in [0.5, 0.6) is 11.5 Å². The Labute approximate surface area is 111 Å². The van der Waals surface area contributed by atoms with Crippen LogP contribution in [0.3, 0.4) is 0 Å². The van der Waals surface area contributed by atoms with Crippen LogP contribution in [-0.2, 0) is 0 Å². The van der Waals surface area contributed by atoms with Crippen LogP contribution in [0.15, 0.2) is 36.5 Å². The van der Waals surface area contributed by atoms with Gasteiger partial charge >= 0.3 is 5.97 Å². The maximum Gasteiger partial charge on any atom is 0.354 e. The fraction of sp³-hybridized carbons (Fsp3) is 0. The zero-order valence-electron chi connectivity index (χ0n) is 9.82. The molecule has 7 nitrogen and oxygen atoms in total. The Morgan fingerprint density at radius 2 is 2.10 bits per heavy atom. The van der Waals surface area contributed by atoms with Crippen LogP contribution < -0.4 is 4.74 Å². The van der Waals surface area contributed by atoms with Crippen molar-refractivity contribution in [3.05, 3.63) is 58.2 Å². The molecule has 2 rings (SSSR count). The first-order valence-electron chi connectivity index (χ1n) is 5.28. The van der Waals surface area contributed by atoms with Gasteiger partial charge in [0.2, 0.25) is 0 Å². The predicted molar refractivity (Wildman–Crippen MR) is 64.3 cm³/mol. The largest absolute Gasteiger partial charge is 0.477 e. The van der Waals surface area contributed by atoms with Crippen LogP contribution in [0, 0.1) is 15.9 Å². The molecule has 102 valence electrons. The summed E-state index contributed by atoms with van der Waals surface area (Å²) in [6.45, 7) is 0. The van der Waals surface area contributed by atoms with Crippen molar-refractivity contribution < 1.29 is 24.0 Å². The van der Waals surface area contributed by atoms with Crippen molar-refractivity contribution in [2.75, 3.05) is 0 Å². The highest BCUT2D eigenvalue weighted by atomic mass is 19.1. The van der Waals surface area contributed by atoms with Gasteiger partial charge in [-0.25, -0.2) is 14.2 Å². The summed E-state index contributed by atoms with van der Waals surface area (Å²) >= 11 is 0. The molecule has 2 aromatic rings. The molecule has 0 bridgehead atoms. The summed E-state index contributed by atoms with van der Waals surface area (Å²) < 4.78 is 18.7. The third-order valence-corrected chi connectivity index (χ3v) is 2.30. The Morgan fingerprint density at radius 3 is 2.70 bits per heavy atom. The molecule has 8 heteroatoms. The topological polar surface area (TPSA) is 103 Å². The lowest BCUT2D eigenvalue weighted by molar-refractivity contribution is -0.385. The Bertz CT molecular complexity index is 689. The number of pyridine rings is 1. The number of aromatic carboxylic acids is 1. The molecule has 1 aromatic carbocycles. The van der Waals surface area contributed by atoms with E-state index in [1.807, 2.05) is 0 Å². The van der Waals surface area contributed by atoms with Gasteiger partial charge in [-0.15, -0.1) is 0 Å². The number of nitro groups is 1. The van der Waals surface area contributed by atoms with Crippen molar-refractivity contribution in [2.24, 2.45) is 0 Å². The number of carboxylic acid groups (broad SMARTS) is 1. The van der Waals surface area contributed by atoms with E-state index in [1.165, 1.54) is 12.3 Å². The second-order valence-corrected chi connectivity index (χ2v) is 3.66. The number of carbonyl (C=O) groups is 1. The number of rotatable bonds is 4. The smallest absolute Gasteiger partial charge is 0.354 e. The van der Waals surface area contributed by atoms with Gasteiger partial charge in [0.15, 0.2) is 17.3 Å². The Morgan fingerprint density at radius 1 is 1.35 bits per heavy atom. The van der Waals surface area contributed by atoms with Crippen LogP contribution in [0.4, 0.5) is 10.1 Å². The first-order chi connectivity index (χ1) is 9.47. The van der Waals surface area contributed by atoms with Gasteiger partial charge in [-0.2, -0.15) is 0 Å². The fourth-order valence-electron chi connectivity index (χ4n) is 1.40. The van der Waals surface area contributed by atoms with Crippen LogP contribution in [0.2, 0.25) is 0 Å². The Balaban J connectivity index is 2.28. The molecule has 0 saturated heterocycles. The first kappa shape index (κ1) is 13.4. The third kappa shape index (κ3) is 2.86. The van der Waals surface area contributed by atoms with Crippen LogP contribution in [0.1, 0.15) is 10.5 Å². The minimum atomic E-state index is -1.25. The molecule has 20 heavy (non-hydrogen) atoms. The van der Waals surface area contributed by atoms with Gasteiger partial charge in [0.05, 0.1) is 11.0 Å². The summed E-state index contributed by atoms with van der Waals surface area (Å²) in [5.74, 6) is -2.36. The number of non-ortho nitro benzene ring substituents is 1. The number of nitro benzene ring substituents is 1. The molecule has 0 aliphatic heterocycles. The lowest BCUT2D eigenvalue weighted by Gasteiger charge is -2.06. The van der Waals surface area contributed by atoms with Crippen molar-refractivity contribution in [3.8, 4) is 11.5 Å². The molecular weight excluding hydrogens is 271 g/mol. The average molecular weight is 278 g/mol. The minimum absolute atomic E-state index is 0.0603. The lowest BCUT2D eigenvalue weighted by Crippen LogP contribution is -2.00. The molecule has 1 N–H and O–H groups in total. The molecule has 1 aromatic heterocycles. The molecule has 0 radical (unpaired) electrons. The van der Waals surface area contributed by atoms with Gasteiger partial charge in [0, 0.05) is 18.3 Å². The lowest BCUT2D eigenvalue weighted by atomic mass is 10.3. The van der Waals surface area contributed by atoms with Crippen LogP contribution in [0.25, 0.3) is 0 Å². The van der Waals surface area contributed by atoms with Gasteiger partial charge in [-0.1, -0.05) is 0 Å². The zero-order valence-corrected chi connectivity index (χ0v) is 9.82. The molecule has 0 unspecified atom stereocenters. The van der Waals surface area contributed by atoms with E-state index in [-0.39, 0.29) is 17.2 Å². The highest BCUT2D eigenvalue weighted by Crippen LogP contribution is 2.27. The Kier molecular flexibility index (Phi) is 3.56. The summed E-state index contributed by atoms with van der Waals surface area (Å²) in [6.07, 6.45) is 1.20. The van der Waals surface area contributed by atoms with E-state index in [0.29, 0.717) is 6.07 Å². The second kappa shape index (κ2) is 5.31. The molecule has 0 aliphatic carbocycles. The number of nitrogens with zero attached hydrogens (tertiary/aromatic N) is 2. The van der Waals surface area contributed by atoms with Gasteiger partial charge < -0.3 is 9.84 Å². The van der Waals surface area contributed by atoms with Gasteiger partial charge in [0.1, 0.15) is 5.75 Å². The van der Waals surface area contributed by atoms with Gasteiger partial charge in [-0.3, -0.25) is 10.1 Å². The molecule has 0 atom stereocenters. The SMILES string of the molecule is O=C(O)c1cc(Oc2ccc([N+](=O)[O-])cc2F)ccn1. The number of hydrogen-bond acceptors (Lipinski definition) is 5. The number of hydrogen-bond donors (Lipinski definition) is 1. The molecule has 0 saturated carbocycles. The molecule has 0 amide bonds. The highest BCUT2D eigenvalue weighted by molar-refractivity contribution is 5.85. The van der Waals surface area contributed by atoms with E-state index >= 15 is 0 Å². The van der Waals surface area contributed by atoms with Crippen molar-refractivity contribution in [2.45, 2.75) is 0 Å². The maximum atomic E-state index is 13.6. The Hall–Kier alpha value is -3.03. The number of aromatic nitrogens is 1. The monoisotopic (exact) mass is 278 g/mol. The summed E-state index contributed by atoms with van der Waals surface area (Å²) in [4.78, 5) is 24.0. The van der Waals surface area contributed by atoms with E-state index < -0.39 is 22.4 Å². The van der Waals surface area contributed by atoms with Gasteiger partial charge in [-0.05, 0) is 12.1 Å². The number of benzene rings is 1. The molecule has 0 spiro atoms. The van der Waals surface area contributed by atoms with Crippen molar-refractivity contribution >= 4 is 11.7 Å². The van der Waals surface area contributed by atoms with Crippen LogP contribution >= 0.6 is 0 Å². The number of halogens is 1. The zero-order chi connectivity index (χ0) is 14.7. The van der Waals surface area contributed by atoms with E-state index in [0.717, 1.165) is 18.2 Å². The molecule has 0 aliphatic rings. The average Bonchev–Trinajstić information content (AvgIpc) is 2.41. The number of carboxylic acids is 1. The maximum absolute atomic E-state index is 13.6. The minimum Gasteiger partial charge on any atom is -0.477 e. The fourth-order valence-corrected chi connectivity index (χ4v) is 1.40. The molecular formula is C12H7FN2O5. The van der Waals surface area contributed by atoms with Crippen molar-refractivity contribution in [1.82, 2.24) is 4.98 Å². The van der Waals surface area contributed by atoms with E-state index in [2.05, 4.69) is 4.98 Å². The van der Waals surface area contributed by atoms with Crippen molar-refractivity contribution in [3.63, 3.8) is 0 Å². The third-order valence-electron chi connectivity index (χ3n) is 2.30. The van der Waals surface area contributed by atoms with Gasteiger partial charge in [0.25, 0.3) is 5.69 Å².